The number of hydrogen-bond donors (Lipinski definition) is 3. The predicted octanol–water partition coefficient (Wildman–Crippen LogP) is -1.10. The van der Waals surface area contributed by atoms with Crippen LogP contribution in [0.4, 0.5) is 0 Å². The standard InChI is InChI=1S/C5H11N3O4/c9-2-1-5-7(11)3-6(10)4-8(5)12/h2,5,10-12H,1,3-4H2. The molecule has 0 saturated carbocycles. The van der Waals surface area contributed by atoms with Gasteiger partial charge in [-0.25, -0.2) is 0 Å². The largest absolute Gasteiger partial charge is 0.311 e. The molecule has 1 fully saturated rings. The Kier molecular flexibility index (Phi) is 3.09. The summed E-state index contributed by atoms with van der Waals surface area (Å²) in [4.78, 5) is 10.1. The van der Waals surface area contributed by atoms with Gasteiger partial charge in [0.15, 0.2) is 0 Å². The number of aldehydes is 1. The van der Waals surface area contributed by atoms with Crippen LogP contribution in [-0.2, 0) is 4.79 Å². The number of hydroxylamine groups is 6. The van der Waals surface area contributed by atoms with E-state index in [1.54, 1.807) is 0 Å². The van der Waals surface area contributed by atoms with E-state index >= 15 is 0 Å². The Hall–Kier alpha value is -0.570. The van der Waals surface area contributed by atoms with Crippen LogP contribution in [0.1, 0.15) is 6.42 Å². The van der Waals surface area contributed by atoms with E-state index in [4.69, 9.17) is 15.6 Å². The fraction of sp³-hybridized carbons (Fsp3) is 0.800. The summed E-state index contributed by atoms with van der Waals surface area (Å²) in [5.74, 6) is 0. The molecule has 1 aliphatic rings. The maximum Gasteiger partial charge on any atom is 0.123 e. The van der Waals surface area contributed by atoms with Crippen LogP contribution in [0.3, 0.4) is 0 Å². The average molecular weight is 177 g/mol. The van der Waals surface area contributed by atoms with Crippen LogP contribution in [0.15, 0.2) is 0 Å². The van der Waals surface area contributed by atoms with Crippen LogP contribution in [0, 0.1) is 0 Å². The van der Waals surface area contributed by atoms with Gasteiger partial charge < -0.3 is 20.4 Å². The highest BCUT2D eigenvalue weighted by Gasteiger charge is 2.30. The molecule has 1 saturated heterocycles. The number of carbonyl (C=O) groups excluding carboxylic acids is 1. The van der Waals surface area contributed by atoms with Gasteiger partial charge in [-0.05, 0) is 0 Å². The first kappa shape index (κ1) is 9.52. The van der Waals surface area contributed by atoms with E-state index in [-0.39, 0.29) is 19.8 Å². The summed E-state index contributed by atoms with van der Waals surface area (Å²) in [5.41, 5.74) is 0. The van der Waals surface area contributed by atoms with E-state index in [0.29, 0.717) is 21.5 Å². The van der Waals surface area contributed by atoms with Crippen molar-refractivity contribution in [3.05, 3.63) is 0 Å². The Labute approximate surface area is 68.9 Å². The van der Waals surface area contributed by atoms with Crippen LogP contribution < -0.4 is 0 Å². The number of hydrogen-bond acceptors (Lipinski definition) is 7. The summed E-state index contributed by atoms with van der Waals surface area (Å²) < 4.78 is 0. The monoisotopic (exact) mass is 177 g/mol. The van der Waals surface area contributed by atoms with Crippen LogP contribution >= 0.6 is 0 Å². The Morgan fingerprint density at radius 2 is 1.75 bits per heavy atom. The first-order chi connectivity index (χ1) is 5.65. The van der Waals surface area contributed by atoms with Gasteiger partial charge in [-0.15, -0.1) is 0 Å². The summed E-state index contributed by atoms with van der Waals surface area (Å²) in [6.45, 7) is -0.231. The lowest BCUT2D eigenvalue weighted by Gasteiger charge is -2.38. The molecule has 0 radical (unpaired) electrons. The normalized spacial score (nSPS) is 24.6. The Morgan fingerprint density at radius 3 is 2.17 bits per heavy atom. The molecule has 1 heterocycles. The second-order valence-electron chi connectivity index (χ2n) is 2.55. The lowest BCUT2D eigenvalue weighted by molar-refractivity contribution is -0.357. The molecule has 1 rings (SSSR count). The number of carbonyl (C=O) groups is 1. The Balaban J connectivity index is 2.53. The lowest BCUT2D eigenvalue weighted by atomic mass is 10.3. The van der Waals surface area contributed by atoms with Gasteiger partial charge in [0.2, 0.25) is 0 Å². The molecule has 0 aromatic rings. The molecule has 3 N–H and O–H groups in total. The molecule has 0 aromatic heterocycles. The van der Waals surface area contributed by atoms with Crippen molar-refractivity contribution in [2.75, 3.05) is 13.3 Å². The van der Waals surface area contributed by atoms with Gasteiger partial charge in [0.05, 0.1) is 0 Å². The lowest BCUT2D eigenvalue weighted by Crippen LogP contribution is -2.58. The molecule has 7 nitrogen and oxygen atoms in total. The fourth-order valence-corrected chi connectivity index (χ4v) is 1.05. The minimum Gasteiger partial charge on any atom is -0.311 e. The third-order valence-electron chi connectivity index (χ3n) is 1.61. The minimum atomic E-state index is -0.772. The van der Waals surface area contributed by atoms with Crippen molar-refractivity contribution < 1.29 is 20.4 Å². The first-order valence-electron chi connectivity index (χ1n) is 3.43. The number of rotatable bonds is 2. The van der Waals surface area contributed by atoms with E-state index < -0.39 is 6.17 Å². The SMILES string of the molecule is O=CCC1N(O)CN(O)CN1O. The molecule has 7 heteroatoms. The third-order valence-corrected chi connectivity index (χ3v) is 1.61. The molecule has 0 spiro atoms. The zero-order valence-corrected chi connectivity index (χ0v) is 6.37. The summed E-state index contributed by atoms with van der Waals surface area (Å²) in [6.07, 6.45) is -0.198. The van der Waals surface area contributed by atoms with Crippen molar-refractivity contribution in [3.63, 3.8) is 0 Å². The van der Waals surface area contributed by atoms with E-state index in [0.717, 1.165) is 0 Å². The van der Waals surface area contributed by atoms with E-state index in [1.165, 1.54) is 0 Å². The molecule has 70 valence electrons. The topological polar surface area (TPSA) is 87.5 Å². The second kappa shape index (κ2) is 3.90. The van der Waals surface area contributed by atoms with Crippen LogP contribution in [0.5, 0.6) is 0 Å². The zero-order chi connectivity index (χ0) is 9.14. The molecular weight excluding hydrogens is 166 g/mol. The van der Waals surface area contributed by atoms with Gasteiger partial charge in [0, 0.05) is 6.42 Å². The van der Waals surface area contributed by atoms with E-state index in [9.17, 15) is 4.79 Å². The maximum atomic E-state index is 10.1. The van der Waals surface area contributed by atoms with Crippen molar-refractivity contribution in [3.8, 4) is 0 Å². The quantitative estimate of drug-likeness (QED) is 0.461. The molecule has 0 bridgehead atoms. The van der Waals surface area contributed by atoms with Crippen molar-refractivity contribution >= 4 is 6.29 Å². The van der Waals surface area contributed by atoms with Crippen molar-refractivity contribution in [1.82, 2.24) is 15.2 Å². The summed E-state index contributed by atoms with van der Waals surface area (Å²) >= 11 is 0. The first-order valence-corrected chi connectivity index (χ1v) is 3.43. The molecule has 0 aliphatic carbocycles. The highest BCUT2D eigenvalue weighted by Crippen LogP contribution is 2.10. The summed E-state index contributed by atoms with van der Waals surface area (Å²) in [7, 11) is 0. The Morgan fingerprint density at radius 1 is 1.25 bits per heavy atom. The van der Waals surface area contributed by atoms with Crippen LogP contribution in [0.25, 0.3) is 0 Å². The van der Waals surface area contributed by atoms with Gasteiger partial charge in [-0.1, -0.05) is 0 Å². The smallest absolute Gasteiger partial charge is 0.123 e. The van der Waals surface area contributed by atoms with E-state index in [2.05, 4.69) is 0 Å². The molecule has 0 unspecified atom stereocenters. The number of nitrogens with zero attached hydrogens (tertiary/aromatic N) is 3. The third kappa shape index (κ3) is 1.97. The predicted molar refractivity (Wildman–Crippen MR) is 35.1 cm³/mol. The molecule has 1 aliphatic heterocycles. The molecular formula is C5H11N3O4. The minimum absolute atomic E-state index is 0.0131. The molecule has 0 aromatic carbocycles. The zero-order valence-electron chi connectivity index (χ0n) is 6.37. The van der Waals surface area contributed by atoms with Gasteiger partial charge >= 0.3 is 0 Å². The molecule has 0 atom stereocenters. The molecule has 0 amide bonds. The highest BCUT2D eigenvalue weighted by molar-refractivity contribution is 5.50. The highest BCUT2D eigenvalue weighted by atomic mass is 16.6. The average Bonchev–Trinajstić information content (AvgIpc) is 1.96. The van der Waals surface area contributed by atoms with Gasteiger partial charge in [-0.2, -0.15) is 15.2 Å². The van der Waals surface area contributed by atoms with Crippen LogP contribution in [0.2, 0.25) is 0 Å². The maximum absolute atomic E-state index is 10.1. The van der Waals surface area contributed by atoms with Gasteiger partial charge in [0.25, 0.3) is 0 Å². The van der Waals surface area contributed by atoms with Gasteiger partial charge in [-0.3, -0.25) is 0 Å². The molecule has 12 heavy (non-hydrogen) atoms. The van der Waals surface area contributed by atoms with Crippen LogP contribution in [-0.4, -0.2) is 56.6 Å². The fourth-order valence-electron chi connectivity index (χ4n) is 1.05. The van der Waals surface area contributed by atoms with Gasteiger partial charge in [0.1, 0.15) is 25.8 Å². The van der Waals surface area contributed by atoms with E-state index in [1.807, 2.05) is 0 Å². The van der Waals surface area contributed by atoms with Crippen molar-refractivity contribution in [2.45, 2.75) is 12.6 Å². The Bertz CT molecular complexity index is 155. The summed E-state index contributed by atoms with van der Waals surface area (Å²) in [6, 6.07) is 0. The van der Waals surface area contributed by atoms with Crippen molar-refractivity contribution in [1.29, 1.82) is 0 Å². The second-order valence-corrected chi connectivity index (χ2v) is 2.55. The van der Waals surface area contributed by atoms with Crippen molar-refractivity contribution in [2.24, 2.45) is 0 Å². The summed E-state index contributed by atoms with van der Waals surface area (Å²) in [5, 5.41) is 29.2.